The minimum Gasteiger partial charge on any atom is -0.465 e. The zero-order valence-corrected chi connectivity index (χ0v) is 19.4. The molecule has 0 heterocycles. The number of carbonyl (C=O) groups is 3. The molecule has 0 radical (unpaired) electrons. The van der Waals surface area contributed by atoms with Crippen LogP contribution in [0.1, 0.15) is 39.2 Å². The average molecular weight is 456 g/mol. The topological polar surface area (TPSA) is 96.5 Å². The van der Waals surface area contributed by atoms with Crippen LogP contribution in [0, 0.1) is 5.41 Å². The normalized spacial score (nSPS) is 10.7. The Bertz CT molecular complexity index is 955. The maximum atomic E-state index is 12.1. The van der Waals surface area contributed by atoms with E-state index in [0.717, 1.165) is 5.56 Å². The third-order valence-electron chi connectivity index (χ3n) is 4.37. The number of ether oxygens (including phenoxy) is 1. The highest BCUT2D eigenvalue weighted by atomic mass is 32.1. The second-order valence-electron chi connectivity index (χ2n) is 8.24. The molecule has 2 aromatic carbocycles. The van der Waals surface area contributed by atoms with Crippen LogP contribution in [0.15, 0.2) is 54.6 Å². The van der Waals surface area contributed by atoms with Gasteiger partial charge in [-0.2, -0.15) is 0 Å². The lowest BCUT2D eigenvalue weighted by Crippen LogP contribution is -2.34. The molecule has 7 nitrogen and oxygen atoms in total. The second-order valence-corrected chi connectivity index (χ2v) is 8.65. The van der Waals surface area contributed by atoms with E-state index in [9.17, 15) is 14.4 Å². The monoisotopic (exact) mass is 455 g/mol. The van der Waals surface area contributed by atoms with Gasteiger partial charge in [0.2, 0.25) is 11.8 Å². The van der Waals surface area contributed by atoms with Crippen LogP contribution >= 0.6 is 12.2 Å². The first-order valence-electron chi connectivity index (χ1n) is 10.4. The predicted molar refractivity (Wildman–Crippen MR) is 129 cm³/mol. The van der Waals surface area contributed by atoms with E-state index in [4.69, 9.17) is 17.0 Å². The molecule has 170 valence electrons. The summed E-state index contributed by atoms with van der Waals surface area (Å²) in [4.78, 5) is 36.0. The molecule has 0 atom stereocenters. The molecule has 0 aromatic heterocycles. The average Bonchev–Trinajstić information content (AvgIpc) is 2.72. The van der Waals surface area contributed by atoms with Crippen LogP contribution in [0.3, 0.4) is 0 Å². The first kappa shape index (κ1) is 25.0. The molecule has 0 bridgehead atoms. The minimum absolute atomic E-state index is 0.0302. The maximum Gasteiger partial charge on any atom is 0.306 e. The molecular weight excluding hydrogens is 426 g/mol. The molecule has 32 heavy (non-hydrogen) atoms. The SMILES string of the molecule is CC(C)(C)C(=O)Nc1cccc(NC(=S)NC(=O)CCC(=O)OCCc2ccccc2)c1. The smallest absolute Gasteiger partial charge is 0.306 e. The third kappa shape index (κ3) is 9.26. The van der Waals surface area contributed by atoms with Gasteiger partial charge in [-0.3, -0.25) is 14.4 Å². The van der Waals surface area contributed by atoms with E-state index in [1.165, 1.54) is 0 Å². The fourth-order valence-corrected chi connectivity index (χ4v) is 2.79. The Balaban J connectivity index is 1.71. The van der Waals surface area contributed by atoms with E-state index in [-0.39, 0.29) is 36.4 Å². The van der Waals surface area contributed by atoms with Gasteiger partial charge >= 0.3 is 5.97 Å². The first-order chi connectivity index (χ1) is 15.1. The number of hydrogen-bond acceptors (Lipinski definition) is 5. The summed E-state index contributed by atoms with van der Waals surface area (Å²) in [7, 11) is 0. The fraction of sp³-hybridized carbons (Fsp3) is 0.333. The number of thiocarbonyl (C=S) groups is 1. The molecule has 3 N–H and O–H groups in total. The van der Waals surface area contributed by atoms with Crippen LogP contribution in [-0.2, 0) is 25.5 Å². The third-order valence-corrected chi connectivity index (χ3v) is 4.57. The van der Waals surface area contributed by atoms with Crippen molar-refractivity contribution in [1.29, 1.82) is 0 Å². The van der Waals surface area contributed by atoms with Gasteiger partial charge < -0.3 is 20.7 Å². The van der Waals surface area contributed by atoms with Crippen molar-refractivity contribution in [2.24, 2.45) is 5.41 Å². The number of rotatable bonds is 8. The highest BCUT2D eigenvalue weighted by Gasteiger charge is 2.21. The zero-order valence-electron chi connectivity index (χ0n) is 18.6. The van der Waals surface area contributed by atoms with Gasteiger partial charge in [0.25, 0.3) is 0 Å². The molecule has 0 saturated heterocycles. The van der Waals surface area contributed by atoms with Crippen molar-refractivity contribution in [3.63, 3.8) is 0 Å². The van der Waals surface area contributed by atoms with Gasteiger partial charge in [-0.05, 0) is 36.0 Å². The van der Waals surface area contributed by atoms with Crippen LogP contribution < -0.4 is 16.0 Å². The molecule has 2 amide bonds. The molecule has 0 unspecified atom stereocenters. The highest BCUT2D eigenvalue weighted by molar-refractivity contribution is 7.80. The van der Waals surface area contributed by atoms with Gasteiger partial charge in [-0.1, -0.05) is 57.2 Å². The maximum absolute atomic E-state index is 12.1. The number of hydrogen-bond donors (Lipinski definition) is 3. The van der Waals surface area contributed by atoms with Crippen LogP contribution in [0.5, 0.6) is 0 Å². The summed E-state index contributed by atoms with van der Waals surface area (Å²) in [6.07, 6.45) is 0.563. The van der Waals surface area contributed by atoms with Crippen LogP contribution in [0.2, 0.25) is 0 Å². The van der Waals surface area contributed by atoms with E-state index >= 15 is 0 Å². The summed E-state index contributed by atoms with van der Waals surface area (Å²) in [6, 6.07) is 16.7. The molecule has 0 spiro atoms. The van der Waals surface area contributed by atoms with Crippen LogP contribution in [0.4, 0.5) is 11.4 Å². The summed E-state index contributed by atoms with van der Waals surface area (Å²) in [5, 5.41) is 8.37. The number of anilines is 2. The largest absolute Gasteiger partial charge is 0.465 e. The van der Waals surface area contributed by atoms with Gasteiger partial charge in [0.1, 0.15) is 0 Å². The second kappa shape index (κ2) is 12.0. The van der Waals surface area contributed by atoms with E-state index in [1.807, 2.05) is 51.1 Å². The lowest BCUT2D eigenvalue weighted by atomic mass is 9.95. The van der Waals surface area contributed by atoms with E-state index in [0.29, 0.717) is 17.8 Å². The molecule has 0 aliphatic rings. The minimum atomic E-state index is -0.518. The lowest BCUT2D eigenvalue weighted by molar-refractivity contribution is -0.144. The number of benzene rings is 2. The standard InChI is InChI=1S/C24H29N3O4S/c1-24(2,3)22(30)25-18-10-7-11-19(16-18)26-23(32)27-20(28)12-13-21(29)31-15-14-17-8-5-4-6-9-17/h4-11,16H,12-15H2,1-3H3,(H,25,30)(H2,26,27,28,32). The van der Waals surface area contributed by atoms with Crippen molar-refractivity contribution in [2.75, 3.05) is 17.2 Å². The highest BCUT2D eigenvalue weighted by Crippen LogP contribution is 2.20. The predicted octanol–water partition coefficient (Wildman–Crippen LogP) is 4.05. The zero-order chi connectivity index (χ0) is 23.6. The van der Waals surface area contributed by atoms with Gasteiger partial charge in [-0.15, -0.1) is 0 Å². The van der Waals surface area contributed by atoms with Crippen molar-refractivity contribution in [3.8, 4) is 0 Å². The van der Waals surface area contributed by atoms with E-state index in [2.05, 4.69) is 16.0 Å². The van der Waals surface area contributed by atoms with Crippen molar-refractivity contribution < 1.29 is 19.1 Å². The van der Waals surface area contributed by atoms with Crippen LogP contribution in [-0.4, -0.2) is 29.5 Å². The van der Waals surface area contributed by atoms with Crippen molar-refractivity contribution in [3.05, 3.63) is 60.2 Å². The number of nitrogens with one attached hydrogen (secondary N) is 3. The number of carbonyl (C=O) groups excluding carboxylic acids is 3. The molecule has 2 rings (SSSR count). The Morgan fingerprint density at radius 1 is 0.906 bits per heavy atom. The molecule has 0 fully saturated rings. The molecule has 0 aliphatic heterocycles. The summed E-state index contributed by atoms with van der Waals surface area (Å²) < 4.78 is 5.16. The number of esters is 1. The van der Waals surface area contributed by atoms with Crippen molar-refractivity contribution in [2.45, 2.75) is 40.0 Å². The van der Waals surface area contributed by atoms with Crippen LogP contribution in [0.25, 0.3) is 0 Å². The molecule has 2 aromatic rings. The Hall–Kier alpha value is -3.26. The quantitative estimate of drug-likeness (QED) is 0.411. The molecule has 8 heteroatoms. The molecule has 0 aliphatic carbocycles. The van der Waals surface area contributed by atoms with Gasteiger partial charge in [0, 0.05) is 29.6 Å². The Labute approximate surface area is 193 Å². The summed E-state index contributed by atoms with van der Waals surface area (Å²) in [5.74, 6) is -0.932. The van der Waals surface area contributed by atoms with Gasteiger partial charge in [-0.25, -0.2) is 0 Å². The van der Waals surface area contributed by atoms with Crippen molar-refractivity contribution >= 4 is 46.5 Å². The van der Waals surface area contributed by atoms with Gasteiger partial charge in [0.05, 0.1) is 13.0 Å². The fourth-order valence-electron chi connectivity index (χ4n) is 2.56. The Morgan fingerprint density at radius 2 is 1.56 bits per heavy atom. The summed E-state index contributed by atoms with van der Waals surface area (Å²) >= 11 is 5.16. The summed E-state index contributed by atoms with van der Waals surface area (Å²) in [6.45, 7) is 5.75. The molecule has 0 saturated carbocycles. The first-order valence-corrected chi connectivity index (χ1v) is 10.8. The van der Waals surface area contributed by atoms with Crippen molar-refractivity contribution in [1.82, 2.24) is 5.32 Å². The lowest BCUT2D eigenvalue weighted by Gasteiger charge is -2.18. The summed E-state index contributed by atoms with van der Waals surface area (Å²) in [5.41, 5.74) is 1.79. The van der Waals surface area contributed by atoms with E-state index < -0.39 is 11.4 Å². The Morgan fingerprint density at radius 3 is 2.22 bits per heavy atom. The van der Waals surface area contributed by atoms with E-state index in [1.54, 1.807) is 24.3 Å². The molecular formula is C24H29N3O4S. The van der Waals surface area contributed by atoms with Gasteiger partial charge in [0.15, 0.2) is 5.11 Å². The number of amides is 2. The Kier molecular flexibility index (Phi) is 9.34.